The van der Waals surface area contributed by atoms with Gasteiger partial charge in [0.15, 0.2) is 5.82 Å². The molecule has 140 valence electrons. The molecule has 3 heterocycles. The van der Waals surface area contributed by atoms with Crippen LogP contribution in [0.3, 0.4) is 0 Å². The first kappa shape index (κ1) is 18.2. The number of thiophene rings is 1. The summed E-state index contributed by atoms with van der Waals surface area (Å²) in [4.78, 5) is 14.4. The van der Waals surface area contributed by atoms with Gasteiger partial charge in [-0.3, -0.25) is 4.79 Å². The Balaban J connectivity index is 1.64. The molecule has 0 saturated heterocycles. The van der Waals surface area contributed by atoms with Crippen LogP contribution in [0.1, 0.15) is 45.2 Å². The van der Waals surface area contributed by atoms with E-state index in [9.17, 15) is 4.79 Å². The van der Waals surface area contributed by atoms with E-state index in [0.717, 1.165) is 53.5 Å². The summed E-state index contributed by atoms with van der Waals surface area (Å²) in [5.41, 5.74) is 2.64. The lowest BCUT2D eigenvalue weighted by molar-refractivity contribution is 0.103. The van der Waals surface area contributed by atoms with Crippen molar-refractivity contribution in [3.63, 3.8) is 0 Å². The van der Waals surface area contributed by atoms with Gasteiger partial charge in [0.25, 0.3) is 5.91 Å². The molecule has 0 saturated carbocycles. The number of carbonyl (C=O) groups is 1. The number of anilines is 1. The van der Waals surface area contributed by atoms with Crippen LogP contribution in [0.25, 0.3) is 11.4 Å². The van der Waals surface area contributed by atoms with Gasteiger partial charge in [-0.25, -0.2) is 0 Å². The van der Waals surface area contributed by atoms with Gasteiger partial charge in [-0.15, -0.1) is 21.5 Å². The molecule has 0 unspecified atom stereocenters. The molecule has 7 heteroatoms. The van der Waals surface area contributed by atoms with Crippen molar-refractivity contribution in [2.75, 3.05) is 5.32 Å². The fourth-order valence-electron chi connectivity index (χ4n) is 3.34. The van der Waals surface area contributed by atoms with Crippen LogP contribution >= 0.6 is 22.9 Å². The molecule has 0 spiro atoms. The Labute approximate surface area is 167 Å². The highest BCUT2D eigenvalue weighted by Crippen LogP contribution is 2.32. The first-order valence-electron chi connectivity index (χ1n) is 9.13. The van der Waals surface area contributed by atoms with E-state index in [-0.39, 0.29) is 5.91 Å². The molecule has 5 nitrogen and oxygen atoms in total. The Bertz CT molecular complexity index is 988. The molecule has 0 atom stereocenters. The Morgan fingerprint density at radius 1 is 1.19 bits per heavy atom. The minimum atomic E-state index is -0.107. The van der Waals surface area contributed by atoms with Gasteiger partial charge in [-0.2, -0.15) is 0 Å². The van der Waals surface area contributed by atoms with Gasteiger partial charge in [-0.05, 0) is 56.5 Å². The third kappa shape index (κ3) is 3.64. The third-order valence-corrected chi connectivity index (χ3v) is 6.45. The molecule has 0 aliphatic carbocycles. The van der Waals surface area contributed by atoms with Crippen LogP contribution in [0.2, 0.25) is 5.02 Å². The van der Waals surface area contributed by atoms with Crippen LogP contribution in [0.15, 0.2) is 24.3 Å². The number of benzene rings is 1. The monoisotopic (exact) mass is 400 g/mol. The maximum absolute atomic E-state index is 12.6. The van der Waals surface area contributed by atoms with Crippen LogP contribution in [0.5, 0.6) is 0 Å². The normalized spacial score (nSPS) is 13.9. The number of amides is 1. The third-order valence-electron chi connectivity index (χ3n) is 4.96. The molecule has 1 aromatic carbocycles. The number of nitrogens with zero attached hydrogens (tertiary/aromatic N) is 3. The summed E-state index contributed by atoms with van der Waals surface area (Å²) in [5.74, 6) is 1.68. The predicted octanol–water partition coefficient (Wildman–Crippen LogP) is 5.26. The molecule has 0 radical (unpaired) electrons. The van der Waals surface area contributed by atoms with Crippen molar-refractivity contribution >= 4 is 34.5 Å². The quantitative estimate of drug-likeness (QED) is 0.652. The first-order valence-corrected chi connectivity index (χ1v) is 10.3. The number of hydrogen-bond donors (Lipinski definition) is 1. The van der Waals surface area contributed by atoms with Crippen molar-refractivity contribution in [3.05, 3.63) is 50.4 Å². The Morgan fingerprint density at radius 3 is 2.81 bits per heavy atom. The molecule has 1 amide bonds. The van der Waals surface area contributed by atoms with Gasteiger partial charge in [0, 0.05) is 29.1 Å². The molecule has 3 aromatic rings. The number of rotatable bonds is 3. The van der Waals surface area contributed by atoms with Crippen LogP contribution in [0, 0.1) is 13.8 Å². The lowest BCUT2D eigenvalue weighted by Crippen LogP contribution is -2.10. The molecular weight excluding hydrogens is 380 g/mol. The van der Waals surface area contributed by atoms with E-state index in [4.69, 9.17) is 11.6 Å². The van der Waals surface area contributed by atoms with E-state index >= 15 is 0 Å². The Kier molecular flexibility index (Phi) is 5.02. The minimum absolute atomic E-state index is 0.107. The van der Waals surface area contributed by atoms with E-state index < -0.39 is 0 Å². The molecule has 1 aliphatic heterocycles. The molecule has 1 N–H and O–H groups in total. The molecular formula is C20H21ClN4OS. The second kappa shape index (κ2) is 7.44. The summed E-state index contributed by atoms with van der Waals surface area (Å²) in [7, 11) is 0. The van der Waals surface area contributed by atoms with Crippen LogP contribution in [0.4, 0.5) is 5.69 Å². The lowest BCUT2D eigenvalue weighted by atomic mass is 10.1. The summed E-state index contributed by atoms with van der Waals surface area (Å²) in [5, 5.41) is 12.3. The fraction of sp³-hybridized carbons (Fsp3) is 0.350. The number of aromatic nitrogens is 3. The van der Waals surface area contributed by atoms with Crippen LogP contribution in [-0.2, 0) is 13.0 Å². The van der Waals surface area contributed by atoms with Crippen LogP contribution < -0.4 is 5.32 Å². The zero-order chi connectivity index (χ0) is 19.0. The summed E-state index contributed by atoms with van der Waals surface area (Å²) < 4.78 is 2.16. The van der Waals surface area contributed by atoms with Crippen molar-refractivity contribution in [2.45, 2.75) is 46.1 Å². The standard InChI is InChI=1S/C20H21ClN4OS/c1-12-10-17(27-13(12)2)20(26)22-14-7-8-16(21)15(11-14)19-24-23-18-6-4-3-5-9-25(18)19/h7-8,10-11H,3-6,9H2,1-2H3,(H,22,26). The highest BCUT2D eigenvalue weighted by Gasteiger charge is 2.19. The fourth-order valence-corrected chi connectivity index (χ4v) is 4.47. The van der Waals surface area contributed by atoms with E-state index in [1.807, 2.05) is 32.0 Å². The maximum Gasteiger partial charge on any atom is 0.265 e. The Hall–Kier alpha value is -2.18. The lowest BCUT2D eigenvalue weighted by Gasteiger charge is -2.11. The minimum Gasteiger partial charge on any atom is -0.321 e. The maximum atomic E-state index is 12.6. The molecule has 2 aromatic heterocycles. The van der Waals surface area contributed by atoms with Crippen molar-refractivity contribution in [2.24, 2.45) is 0 Å². The van der Waals surface area contributed by atoms with E-state index in [0.29, 0.717) is 15.6 Å². The molecule has 0 fully saturated rings. The summed E-state index contributed by atoms with van der Waals surface area (Å²) in [6, 6.07) is 7.42. The summed E-state index contributed by atoms with van der Waals surface area (Å²) in [6.45, 7) is 4.94. The number of hydrogen-bond acceptors (Lipinski definition) is 4. The smallest absolute Gasteiger partial charge is 0.265 e. The first-order chi connectivity index (χ1) is 13.0. The average molecular weight is 401 g/mol. The second-order valence-corrected chi connectivity index (χ2v) is 8.56. The number of halogens is 1. The largest absolute Gasteiger partial charge is 0.321 e. The SMILES string of the molecule is Cc1cc(C(=O)Nc2ccc(Cl)c(-c3nnc4n3CCCCC4)c2)sc1C. The van der Waals surface area contributed by atoms with Gasteiger partial charge in [-0.1, -0.05) is 18.0 Å². The highest BCUT2D eigenvalue weighted by molar-refractivity contribution is 7.14. The van der Waals surface area contributed by atoms with Gasteiger partial charge < -0.3 is 9.88 Å². The van der Waals surface area contributed by atoms with Crippen molar-refractivity contribution in [1.29, 1.82) is 0 Å². The van der Waals surface area contributed by atoms with Crippen molar-refractivity contribution < 1.29 is 4.79 Å². The predicted molar refractivity (Wildman–Crippen MR) is 110 cm³/mol. The zero-order valence-electron chi connectivity index (χ0n) is 15.4. The topological polar surface area (TPSA) is 59.8 Å². The average Bonchev–Trinajstić information content (AvgIpc) is 3.11. The van der Waals surface area contributed by atoms with Gasteiger partial charge >= 0.3 is 0 Å². The highest BCUT2D eigenvalue weighted by atomic mass is 35.5. The molecule has 27 heavy (non-hydrogen) atoms. The number of nitrogens with one attached hydrogen (secondary N) is 1. The van der Waals surface area contributed by atoms with E-state index in [1.165, 1.54) is 17.8 Å². The zero-order valence-corrected chi connectivity index (χ0v) is 17.0. The van der Waals surface area contributed by atoms with Crippen LogP contribution in [-0.4, -0.2) is 20.7 Å². The van der Waals surface area contributed by atoms with E-state index in [1.54, 1.807) is 6.07 Å². The van der Waals surface area contributed by atoms with E-state index in [2.05, 4.69) is 20.1 Å². The summed E-state index contributed by atoms with van der Waals surface area (Å²) >= 11 is 7.96. The number of carbonyl (C=O) groups excluding carboxylic acids is 1. The molecule has 4 rings (SSSR count). The van der Waals surface area contributed by atoms with Gasteiger partial charge in [0.05, 0.1) is 9.90 Å². The number of aryl methyl sites for hydroxylation is 3. The molecule has 0 bridgehead atoms. The Morgan fingerprint density at radius 2 is 2.04 bits per heavy atom. The van der Waals surface area contributed by atoms with Gasteiger partial charge in [0.1, 0.15) is 5.82 Å². The number of fused-ring (bicyclic) bond motifs is 1. The van der Waals surface area contributed by atoms with Crippen molar-refractivity contribution in [1.82, 2.24) is 14.8 Å². The van der Waals surface area contributed by atoms with Crippen molar-refractivity contribution in [3.8, 4) is 11.4 Å². The summed E-state index contributed by atoms with van der Waals surface area (Å²) in [6.07, 6.45) is 4.40. The van der Waals surface area contributed by atoms with Gasteiger partial charge in [0.2, 0.25) is 0 Å². The second-order valence-electron chi connectivity index (χ2n) is 6.90. The molecule has 1 aliphatic rings.